The summed E-state index contributed by atoms with van der Waals surface area (Å²) in [5.41, 5.74) is 12.0. The van der Waals surface area contributed by atoms with Crippen molar-refractivity contribution < 1.29 is 19.7 Å². The molecule has 0 aliphatic heterocycles. The number of carbonyl (C=O) groups is 1. The number of carboxylic acid groups (broad SMARTS) is 1. The van der Waals surface area contributed by atoms with Crippen LogP contribution in [-0.4, -0.2) is 32.8 Å². The number of aromatic carboxylic acids is 1. The maximum atomic E-state index is 11.0. The summed E-state index contributed by atoms with van der Waals surface area (Å²) < 4.78 is 0. The molecule has 13 heteroatoms. The molecule has 0 amide bonds. The van der Waals surface area contributed by atoms with Gasteiger partial charge in [0.2, 0.25) is 11.6 Å². The number of rotatable bonds is 4. The van der Waals surface area contributed by atoms with Crippen molar-refractivity contribution in [3.05, 3.63) is 37.9 Å². The van der Waals surface area contributed by atoms with Gasteiger partial charge in [0, 0.05) is 12.1 Å². The highest BCUT2D eigenvalue weighted by atomic mass is 16.6. The van der Waals surface area contributed by atoms with Crippen molar-refractivity contribution in [3.63, 3.8) is 0 Å². The molecule has 1 rings (SSSR count). The summed E-state index contributed by atoms with van der Waals surface area (Å²) in [4.78, 5) is 37.4. The first-order chi connectivity index (χ1) is 10.1. The third kappa shape index (κ3) is 3.62. The standard InChI is InChI=1S/C9H9N7O6/c10-8(11)14-9(12)13-6-4(15(19)20)1-3(7(17)18)2-5(6)16(21)22/h1-2H,(H,17,18)(H6,10,11,12,13,14). The maximum Gasteiger partial charge on any atom is 0.336 e. The molecular weight excluding hydrogens is 302 g/mol. The molecule has 0 atom stereocenters. The molecule has 7 N–H and O–H groups in total. The number of nitrogens with zero attached hydrogens (tertiary/aromatic N) is 4. The lowest BCUT2D eigenvalue weighted by Gasteiger charge is -2.02. The number of guanidine groups is 2. The van der Waals surface area contributed by atoms with Gasteiger partial charge >= 0.3 is 17.3 Å². The molecule has 22 heavy (non-hydrogen) atoms. The van der Waals surface area contributed by atoms with Gasteiger partial charge in [-0.25, -0.2) is 4.79 Å². The van der Waals surface area contributed by atoms with Gasteiger partial charge in [-0.15, -0.1) is 0 Å². The Morgan fingerprint density at radius 3 is 1.86 bits per heavy atom. The van der Waals surface area contributed by atoms with Crippen molar-refractivity contribution in [2.45, 2.75) is 0 Å². The molecule has 1 aromatic rings. The predicted molar refractivity (Wildman–Crippen MR) is 73.8 cm³/mol. The van der Waals surface area contributed by atoms with Gasteiger partial charge in [-0.05, 0) is 0 Å². The van der Waals surface area contributed by atoms with Crippen LogP contribution in [-0.2, 0) is 0 Å². The van der Waals surface area contributed by atoms with Crippen molar-refractivity contribution in [1.29, 1.82) is 0 Å². The number of carboxylic acids is 1. The molecule has 0 saturated heterocycles. The lowest BCUT2D eigenvalue weighted by atomic mass is 10.1. The lowest BCUT2D eigenvalue weighted by molar-refractivity contribution is -0.392. The molecule has 0 heterocycles. The summed E-state index contributed by atoms with van der Waals surface area (Å²) in [5.74, 6) is -2.78. The normalized spacial score (nSPS) is 10.8. The lowest BCUT2D eigenvalue weighted by Crippen LogP contribution is -2.26. The number of nitro benzene ring substituents is 2. The highest BCUT2D eigenvalue weighted by molar-refractivity contribution is 5.96. The molecule has 0 radical (unpaired) electrons. The molecule has 0 aliphatic rings. The van der Waals surface area contributed by atoms with E-state index in [1.54, 1.807) is 0 Å². The molecule has 0 unspecified atom stereocenters. The monoisotopic (exact) mass is 311 g/mol. The Morgan fingerprint density at radius 2 is 1.55 bits per heavy atom. The van der Waals surface area contributed by atoms with E-state index < -0.39 is 50.4 Å². The van der Waals surface area contributed by atoms with E-state index in [4.69, 9.17) is 22.3 Å². The van der Waals surface area contributed by atoms with Gasteiger partial charge in [0.25, 0.3) is 0 Å². The van der Waals surface area contributed by atoms with Crippen LogP contribution >= 0.6 is 0 Å². The van der Waals surface area contributed by atoms with Crippen LogP contribution in [0.5, 0.6) is 0 Å². The zero-order chi connectivity index (χ0) is 17.0. The quantitative estimate of drug-likeness (QED) is 0.241. The summed E-state index contributed by atoms with van der Waals surface area (Å²) in [7, 11) is 0. The van der Waals surface area contributed by atoms with Crippen molar-refractivity contribution in [2.24, 2.45) is 27.2 Å². The largest absolute Gasteiger partial charge is 0.478 e. The second kappa shape index (κ2) is 6.12. The van der Waals surface area contributed by atoms with Crippen LogP contribution < -0.4 is 17.2 Å². The molecule has 0 spiro atoms. The van der Waals surface area contributed by atoms with E-state index in [0.717, 1.165) is 0 Å². The van der Waals surface area contributed by atoms with E-state index in [1.165, 1.54) is 0 Å². The topological polar surface area (TPSA) is 226 Å². The summed E-state index contributed by atoms with van der Waals surface area (Å²) >= 11 is 0. The highest BCUT2D eigenvalue weighted by Gasteiger charge is 2.28. The zero-order valence-electron chi connectivity index (χ0n) is 10.7. The number of hydrogen-bond donors (Lipinski definition) is 4. The van der Waals surface area contributed by atoms with Gasteiger partial charge in [-0.1, -0.05) is 0 Å². The second-order valence-electron chi connectivity index (χ2n) is 3.69. The predicted octanol–water partition coefficient (Wildman–Crippen LogP) is -0.579. The van der Waals surface area contributed by atoms with Crippen LogP contribution in [0, 0.1) is 20.2 Å². The fraction of sp³-hybridized carbons (Fsp3) is 0. The number of nitrogens with two attached hydrogens (primary N) is 3. The summed E-state index contributed by atoms with van der Waals surface area (Å²) in [5, 5.41) is 30.8. The molecule has 13 nitrogen and oxygen atoms in total. The average Bonchev–Trinajstić information content (AvgIpc) is 2.36. The minimum atomic E-state index is -1.58. The van der Waals surface area contributed by atoms with Gasteiger partial charge < -0.3 is 22.3 Å². The van der Waals surface area contributed by atoms with Crippen LogP contribution in [0.2, 0.25) is 0 Å². The Balaban J connectivity index is 3.73. The maximum absolute atomic E-state index is 11.0. The van der Waals surface area contributed by atoms with Crippen molar-refractivity contribution in [3.8, 4) is 0 Å². The Kier molecular flexibility index (Phi) is 4.53. The Bertz CT molecular complexity index is 686. The summed E-state index contributed by atoms with van der Waals surface area (Å²) in [6.45, 7) is 0. The highest BCUT2D eigenvalue weighted by Crippen LogP contribution is 2.38. The average molecular weight is 311 g/mol. The third-order valence-corrected chi connectivity index (χ3v) is 2.18. The molecule has 0 bridgehead atoms. The molecular formula is C9H9N7O6. The molecule has 116 valence electrons. The minimum absolute atomic E-state index is 0.520. The van der Waals surface area contributed by atoms with E-state index in [2.05, 4.69) is 9.98 Å². The fourth-order valence-electron chi connectivity index (χ4n) is 1.39. The number of aliphatic imine (C=N–C) groups is 2. The summed E-state index contributed by atoms with van der Waals surface area (Å²) in [6, 6.07) is 1.22. The van der Waals surface area contributed by atoms with Crippen molar-refractivity contribution in [1.82, 2.24) is 0 Å². The van der Waals surface area contributed by atoms with Gasteiger partial charge in [0.05, 0.1) is 15.4 Å². The Morgan fingerprint density at radius 1 is 1.09 bits per heavy atom. The van der Waals surface area contributed by atoms with Gasteiger partial charge in [0.1, 0.15) is 0 Å². The van der Waals surface area contributed by atoms with Gasteiger partial charge in [-0.3, -0.25) is 20.2 Å². The molecule has 0 aliphatic carbocycles. The zero-order valence-corrected chi connectivity index (χ0v) is 10.7. The molecule has 0 saturated carbocycles. The van der Waals surface area contributed by atoms with Crippen molar-refractivity contribution in [2.75, 3.05) is 0 Å². The second-order valence-corrected chi connectivity index (χ2v) is 3.69. The van der Waals surface area contributed by atoms with Crippen molar-refractivity contribution >= 4 is 35.0 Å². The molecule has 0 aromatic heterocycles. The number of hydrogen-bond acceptors (Lipinski definition) is 6. The molecule has 0 fully saturated rings. The van der Waals surface area contributed by atoms with E-state index in [0.29, 0.717) is 12.1 Å². The molecule has 1 aromatic carbocycles. The first-order valence-electron chi connectivity index (χ1n) is 5.27. The van der Waals surface area contributed by atoms with E-state index in [-0.39, 0.29) is 0 Å². The number of benzene rings is 1. The van der Waals surface area contributed by atoms with E-state index >= 15 is 0 Å². The van der Waals surface area contributed by atoms with Gasteiger partial charge in [-0.2, -0.15) is 9.98 Å². The third-order valence-electron chi connectivity index (χ3n) is 2.18. The first kappa shape index (κ1) is 16.3. The van der Waals surface area contributed by atoms with Crippen LogP contribution in [0.25, 0.3) is 0 Å². The summed E-state index contributed by atoms with van der Waals surface area (Å²) in [6.07, 6.45) is 0. The van der Waals surface area contributed by atoms with Gasteiger partial charge in [0.15, 0.2) is 5.96 Å². The van der Waals surface area contributed by atoms with Crippen LogP contribution in [0.4, 0.5) is 17.1 Å². The fourth-order valence-corrected chi connectivity index (χ4v) is 1.39. The van der Waals surface area contributed by atoms with Crippen LogP contribution in [0.1, 0.15) is 10.4 Å². The number of nitro groups is 2. The van der Waals surface area contributed by atoms with E-state index in [1.807, 2.05) is 0 Å². The Labute approximate surface area is 121 Å². The minimum Gasteiger partial charge on any atom is -0.478 e. The van der Waals surface area contributed by atoms with Crippen LogP contribution in [0.15, 0.2) is 22.1 Å². The smallest absolute Gasteiger partial charge is 0.336 e. The van der Waals surface area contributed by atoms with E-state index in [9.17, 15) is 25.0 Å². The Hall–Kier alpha value is -3.77. The van der Waals surface area contributed by atoms with Crippen LogP contribution in [0.3, 0.4) is 0 Å². The SMILES string of the molecule is NC(N)=NC(N)=Nc1c([N+](=O)[O-])cc(C(=O)O)cc1[N+](=O)[O-]. The first-order valence-corrected chi connectivity index (χ1v) is 5.27.